The molecule has 0 aromatic heterocycles. The van der Waals surface area contributed by atoms with Gasteiger partial charge in [-0.05, 0) is 84.6 Å². The van der Waals surface area contributed by atoms with Crippen LogP contribution in [0.25, 0.3) is 0 Å². The van der Waals surface area contributed by atoms with Crippen molar-refractivity contribution in [3.05, 3.63) is 57.6 Å². The second-order valence-corrected chi connectivity index (χ2v) is 16.4. The summed E-state index contributed by atoms with van der Waals surface area (Å²) >= 11 is 2.99. The largest absolute Gasteiger partial charge is 0.459 e. The summed E-state index contributed by atoms with van der Waals surface area (Å²) in [5, 5.41) is 9.09. The van der Waals surface area contributed by atoms with Gasteiger partial charge in [-0.3, -0.25) is 9.59 Å². The average Bonchev–Trinajstić information content (AvgIpc) is 2.91. The van der Waals surface area contributed by atoms with Crippen LogP contribution in [0.1, 0.15) is 54.2 Å². The molecule has 0 aliphatic rings. The van der Waals surface area contributed by atoms with E-state index in [0.29, 0.717) is 9.79 Å². The Labute approximate surface area is 289 Å². The van der Waals surface area contributed by atoms with E-state index in [0.717, 1.165) is 33.4 Å². The number of esters is 1. The molecule has 0 spiro atoms. The second-order valence-electron chi connectivity index (χ2n) is 11.8. The number of ether oxygens (including phenoxy) is 3. The Bertz CT molecular complexity index is 1490. The molecule has 0 fully saturated rings. The first kappa shape index (κ1) is 44.6. The van der Waals surface area contributed by atoms with E-state index in [1.165, 1.54) is 22.7 Å². The van der Waals surface area contributed by atoms with Crippen LogP contribution in [-0.4, -0.2) is 101 Å². The quantitative estimate of drug-likeness (QED) is 0.102. The zero-order chi connectivity index (χ0) is 36.8. The van der Waals surface area contributed by atoms with Crippen molar-refractivity contribution in [1.29, 1.82) is 0 Å². The summed E-state index contributed by atoms with van der Waals surface area (Å²) in [4.78, 5) is 21.2. The number of nitrogens with zero attached hydrogens (tertiary/aromatic N) is 2. The van der Waals surface area contributed by atoms with E-state index in [1.54, 1.807) is 27.7 Å². The number of hydrogen-bond donors (Lipinski definition) is 1. The van der Waals surface area contributed by atoms with E-state index < -0.39 is 20.0 Å². The van der Waals surface area contributed by atoms with E-state index in [9.17, 15) is 26.4 Å². The minimum absolute atomic E-state index is 0.106. The van der Waals surface area contributed by atoms with E-state index in [-0.39, 0.29) is 56.5 Å². The van der Waals surface area contributed by atoms with Crippen LogP contribution in [-0.2, 0) is 43.8 Å². The maximum Gasteiger partial charge on any atom is 0.317 e. The van der Waals surface area contributed by atoms with Crippen molar-refractivity contribution < 1.29 is 45.7 Å². The Morgan fingerprint density at radius 1 is 0.809 bits per heavy atom. The molecule has 12 nitrogen and oxygen atoms in total. The SMILES string of the molecule is CC(C)(C)OC(=O)CBr.Cc1cc(C)c(S(=O)(=O)N(C)CCO)c(C)c1.Cc1cc(C)c(S(=O)(=O)N(C)CCOCOC=O)c(C)c1. The van der Waals surface area contributed by atoms with Crippen molar-refractivity contribution in [1.82, 2.24) is 8.61 Å². The van der Waals surface area contributed by atoms with Gasteiger partial charge >= 0.3 is 5.97 Å². The molecule has 2 rings (SSSR count). The van der Waals surface area contributed by atoms with Crippen molar-refractivity contribution in [3.63, 3.8) is 0 Å². The summed E-state index contributed by atoms with van der Waals surface area (Å²) < 4.78 is 66.4. The molecule has 15 heteroatoms. The number of aliphatic hydroxyl groups excluding tert-OH is 1. The van der Waals surface area contributed by atoms with Crippen LogP contribution in [0.5, 0.6) is 0 Å². The number of sulfonamides is 2. The van der Waals surface area contributed by atoms with Gasteiger partial charge in [-0.15, -0.1) is 0 Å². The number of rotatable bonds is 13. The lowest BCUT2D eigenvalue weighted by Gasteiger charge is -2.20. The van der Waals surface area contributed by atoms with E-state index in [1.807, 2.05) is 58.9 Å². The molecule has 2 aromatic carbocycles. The Kier molecular flexibility index (Phi) is 19.2. The Morgan fingerprint density at radius 3 is 1.49 bits per heavy atom. The van der Waals surface area contributed by atoms with Crippen LogP contribution >= 0.6 is 15.9 Å². The Balaban J connectivity index is 0.000000729. The first-order valence-electron chi connectivity index (χ1n) is 14.7. The maximum atomic E-state index is 12.6. The van der Waals surface area contributed by atoms with E-state index in [4.69, 9.17) is 14.6 Å². The zero-order valence-corrected chi connectivity index (χ0v) is 32.6. The molecule has 0 aliphatic heterocycles. The number of likely N-dealkylation sites (N-methyl/N-ethyl adjacent to an activating group) is 2. The molecule has 2 aromatic rings. The lowest BCUT2D eigenvalue weighted by molar-refractivity contribution is -0.151. The zero-order valence-electron chi connectivity index (χ0n) is 29.3. The molecule has 0 amide bonds. The predicted molar refractivity (Wildman–Crippen MR) is 186 cm³/mol. The van der Waals surface area contributed by atoms with Gasteiger partial charge in [0.05, 0.1) is 23.0 Å². The van der Waals surface area contributed by atoms with Crippen LogP contribution in [0, 0.1) is 41.5 Å². The van der Waals surface area contributed by atoms with Gasteiger partial charge in [0, 0.05) is 27.2 Å². The molecular weight excluding hydrogens is 716 g/mol. The van der Waals surface area contributed by atoms with Gasteiger partial charge in [0.15, 0.2) is 6.79 Å². The highest BCUT2D eigenvalue weighted by molar-refractivity contribution is 9.09. The Hall–Kier alpha value is -2.40. The summed E-state index contributed by atoms with van der Waals surface area (Å²) in [7, 11) is -4.10. The number of hydrogen-bond acceptors (Lipinski definition) is 10. The molecule has 0 aliphatic carbocycles. The molecule has 0 unspecified atom stereocenters. The van der Waals surface area contributed by atoms with E-state index in [2.05, 4.69) is 20.7 Å². The first-order chi connectivity index (χ1) is 21.6. The van der Waals surface area contributed by atoms with Crippen LogP contribution in [0.3, 0.4) is 0 Å². The number of halogens is 1. The van der Waals surface area contributed by atoms with Gasteiger partial charge in [0.25, 0.3) is 6.47 Å². The number of carbonyl (C=O) groups excluding carboxylic acids is 2. The molecule has 0 saturated carbocycles. The molecule has 47 heavy (non-hydrogen) atoms. The minimum atomic E-state index is -3.57. The van der Waals surface area contributed by atoms with Gasteiger partial charge in [0.1, 0.15) is 10.9 Å². The van der Waals surface area contributed by atoms with Crippen molar-refractivity contribution in [2.24, 2.45) is 0 Å². The standard InChI is InChI=1S/C14H21NO5S.C12H19NO3S.C6H11BrO2/c1-11-7-12(2)14(13(3)8-11)21(17,18)15(4)5-6-19-10-20-9-16;1-9-7-10(2)12(11(3)8-9)17(15,16)13(4)5-6-14;1-6(2,3)9-5(8)4-7/h7-9H,5-6,10H2,1-4H3;7-8,14H,5-6H2,1-4H3;4H2,1-3H3. The molecule has 0 atom stereocenters. The maximum absolute atomic E-state index is 12.6. The molecule has 0 bridgehead atoms. The fourth-order valence-electron chi connectivity index (χ4n) is 4.54. The molecule has 1 N–H and O–H groups in total. The topological polar surface area (TPSA) is 157 Å². The van der Waals surface area contributed by atoms with Crippen LogP contribution in [0.4, 0.5) is 0 Å². The lowest BCUT2D eigenvalue weighted by atomic mass is 10.1. The minimum Gasteiger partial charge on any atom is -0.459 e. The van der Waals surface area contributed by atoms with Crippen LogP contribution in [0.2, 0.25) is 0 Å². The first-order valence-corrected chi connectivity index (χ1v) is 18.7. The number of carbonyl (C=O) groups is 2. The average molecular weight is 768 g/mol. The van der Waals surface area contributed by atoms with Crippen molar-refractivity contribution >= 4 is 48.4 Å². The highest BCUT2D eigenvalue weighted by Gasteiger charge is 2.25. The number of benzene rings is 2. The summed E-state index contributed by atoms with van der Waals surface area (Å²) in [6.45, 7) is 16.9. The lowest BCUT2D eigenvalue weighted by Crippen LogP contribution is -2.31. The van der Waals surface area contributed by atoms with E-state index >= 15 is 0 Å². The van der Waals surface area contributed by atoms with Gasteiger partial charge < -0.3 is 19.3 Å². The van der Waals surface area contributed by atoms with Crippen LogP contribution in [0.15, 0.2) is 34.1 Å². The smallest absolute Gasteiger partial charge is 0.317 e. The Morgan fingerprint density at radius 2 is 1.19 bits per heavy atom. The van der Waals surface area contributed by atoms with Gasteiger partial charge in [-0.25, -0.2) is 16.8 Å². The van der Waals surface area contributed by atoms with Crippen molar-refractivity contribution in [3.8, 4) is 0 Å². The summed E-state index contributed by atoms with van der Waals surface area (Å²) in [6.07, 6.45) is 0. The third-order valence-electron chi connectivity index (χ3n) is 6.26. The number of alkyl halides is 1. The second kappa shape index (κ2) is 20.2. The van der Waals surface area contributed by atoms with Crippen molar-refractivity contribution in [2.75, 3.05) is 52.5 Å². The fraction of sp³-hybridized carbons (Fsp3) is 0.562. The highest BCUT2D eigenvalue weighted by Crippen LogP contribution is 2.25. The molecule has 0 heterocycles. The molecule has 0 radical (unpaired) electrons. The fourth-order valence-corrected chi connectivity index (χ4v) is 7.77. The van der Waals surface area contributed by atoms with Crippen LogP contribution < -0.4 is 0 Å². The third-order valence-corrected chi connectivity index (χ3v) is 11.0. The molecule has 0 saturated heterocycles. The summed E-state index contributed by atoms with van der Waals surface area (Å²) in [5.74, 6) is -0.220. The summed E-state index contributed by atoms with van der Waals surface area (Å²) in [6, 6.07) is 7.41. The molecular formula is C32H51BrN2O10S2. The number of aliphatic hydroxyl groups is 1. The highest BCUT2D eigenvalue weighted by atomic mass is 79.9. The van der Waals surface area contributed by atoms with Gasteiger partial charge in [0.2, 0.25) is 20.0 Å². The number of aryl methyl sites for hydroxylation is 6. The van der Waals surface area contributed by atoms with Gasteiger partial charge in [-0.1, -0.05) is 51.3 Å². The third kappa shape index (κ3) is 15.1. The normalized spacial score (nSPS) is 11.7. The van der Waals surface area contributed by atoms with Gasteiger partial charge in [-0.2, -0.15) is 8.61 Å². The predicted octanol–water partition coefficient (Wildman–Crippen LogP) is 4.33. The van der Waals surface area contributed by atoms with Crippen molar-refractivity contribution in [2.45, 2.75) is 77.7 Å². The molecule has 268 valence electrons. The summed E-state index contributed by atoms with van der Waals surface area (Å²) in [5.41, 5.74) is 4.66. The monoisotopic (exact) mass is 766 g/mol.